The second kappa shape index (κ2) is 5.00. The first-order valence-electron chi connectivity index (χ1n) is 5.74. The van der Waals surface area contributed by atoms with Crippen LogP contribution in [0.25, 0.3) is 0 Å². The van der Waals surface area contributed by atoms with Gasteiger partial charge in [-0.25, -0.2) is 0 Å². The summed E-state index contributed by atoms with van der Waals surface area (Å²) in [6.07, 6.45) is 3.87. The number of halogens is 1. The molecule has 0 aliphatic carbocycles. The lowest BCUT2D eigenvalue weighted by molar-refractivity contribution is 0.258. The van der Waals surface area contributed by atoms with Gasteiger partial charge in [0.05, 0.1) is 0 Å². The predicted octanol–water partition coefficient (Wildman–Crippen LogP) is 3.37. The van der Waals surface area contributed by atoms with E-state index in [-0.39, 0.29) is 0 Å². The Morgan fingerprint density at radius 2 is 1.80 bits per heavy atom. The molecule has 1 heterocycles. The van der Waals surface area contributed by atoms with E-state index in [2.05, 4.69) is 24.0 Å². The molecule has 1 nitrogen and oxygen atoms in total. The second-order valence-corrected chi connectivity index (χ2v) is 4.86. The zero-order valence-electron chi connectivity index (χ0n) is 9.25. The van der Waals surface area contributed by atoms with Crippen LogP contribution in [-0.4, -0.2) is 24.0 Å². The van der Waals surface area contributed by atoms with Gasteiger partial charge in [0.15, 0.2) is 0 Å². The lowest BCUT2D eigenvalue weighted by atomic mass is 10.1. The smallest absolute Gasteiger partial charge is 0.0406 e. The molecule has 0 amide bonds. The molecule has 1 atom stereocenters. The first kappa shape index (κ1) is 11.0. The van der Waals surface area contributed by atoms with Crippen molar-refractivity contribution in [3.8, 4) is 0 Å². The lowest BCUT2D eigenvalue weighted by Crippen LogP contribution is -2.31. The summed E-state index contributed by atoms with van der Waals surface area (Å²) in [5, 5.41) is 0.826. The fraction of sp³-hybridized carbons (Fsp3) is 0.538. The van der Waals surface area contributed by atoms with E-state index in [9.17, 15) is 0 Å². The van der Waals surface area contributed by atoms with Gasteiger partial charge in [0, 0.05) is 11.1 Å². The highest BCUT2D eigenvalue weighted by molar-refractivity contribution is 6.30. The molecule has 0 bridgehead atoms. The molecule has 0 radical (unpaired) electrons. The average Bonchev–Trinajstić information content (AvgIpc) is 2.74. The van der Waals surface area contributed by atoms with Crippen LogP contribution >= 0.6 is 11.6 Å². The molecule has 1 aliphatic rings. The third-order valence-electron chi connectivity index (χ3n) is 3.21. The Morgan fingerprint density at radius 3 is 2.40 bits per heavy atom. The van der Waals surface area contributed by atoms with Crippen LogP contribution in [0, 0.1) is 0 Å². The number of rotatable bonds is 3. The van der Waals surface area contributed by atoms with E-state index in [1.807, 2.05) is 12.1 Å². The summed E-state index contributed by atoms with van der Waals surface area (Å²) < 4.78 is 0. The first-order chi connectivity index (χ1) is 7.25. The van der Waals surface area contributed by atoms with E-state index in [4.69, 9.17) is 11.6 Å². The van der Waals surface area contributed by atoms with Crippen LogP contribution in [0.15, 0.2) is 24.3 Å². The van der Waals surface area contributed by atoms with Gasteiger partial charge in [-0.1, -0.05) is 23.7 Å². The SMILES string of the molecule is CC(Cc1ccc(Cl)cc1)N1CCCC1. The summed E-state index contributed by atoms with van der Waals surface area (Å²) in [5.74, 6) is 0. The zero-order chi connectivity index (χ0) is 10.7. The van der Waals surface area contributed by atoms with E-state index in [0.29, 0.717) is 6.04 Å². The van der Waals surface area contributed by atoms with E-state index < -0.39 is 0 Å². The molecule has 1 saturated heterocycles. The molecule has 0 N–H and O–H groups in total. The summed E-state index contributed by atoms with van der Waals surface area (Å²) in [4.78, 5) is 2.58. The van der Waals surface area contributed by atoms with Crippen LogP contribution in [-0.2, 0) is 6.42 Å². The van der Waals surface area contributed by atoms with Crippen molar-refractivity contribution in [2.24, 2.45) is 0 Å². The number of nitrogens with zero attached hydrogens (tertiary/aromatic N) is 1. The highest BCUT2D eigenvalue weighted by Gasteiger charge is 2.17. The Labute approximate surface area is 97.0 Å². The number of benzene rings is 1. The normalized spacial score (nSPS) is 19.3. The summed E-state index contributed by atoms with van der Waals surface area (Å²) in [7, 11) is 0. The van der Waals surface area contributed by atoms with Crippen molar-refractivity contribution in [1.82, 2.24) is 4.90 Å². The molecule has 1 aromatic rings. The van der Waals surface area contributed by atoms with E-state index in [1.54, 1.807) is 0 Å². The van der Waals surface area contributed by atoms with Crippen LogP contribution in [0.1, 0.15) is 25.3 Å². The monoisotopic (exact) mass is 223 g/mol. The van der Waals surface area contributed by atoms with Gasteiger partial charge < -0.3 is 4.90 Å². The minimum absolute atomic E-state index is 0.661. The van der Waals surface area contributed by atoms with Crippen LogP contribution in [0.2, 0.25) is 5.02 Å². The molecule has 1 aliphatic heterocycles. The molecular weight excluding hydrogens is 206 g/mol. The van der Waals surface area contributed by atoms with Crippen molar-refractivity contribution < 1.29 is 0 Å². The van der Waals surface area contributed by atoms with Gasteiger partial charge in [-0.2, -0.15) is 0 Å². The van der Waals surface area contributed by atoms with Gasteiger partial charge in [-0.05, 0) is 57.0 Å². The van der Waals surface area contributed by atoms with Gasteiger partial charge in [-0.15, -0.1) is 0 Å². The summed E-state index contributed by atoms with van der Waals surface area (Å²) in [6, 6.07) is 8.89. The molecule has 2 rings (SSSR count). The van der Waals surface area contributed by atoms with E-state index in [0.717, 1.165) is 11.4 Å². The first-order valence-corrected chi connectivity index (χ1v) is 6.12. The molecule has 0 spiro atoms. The minimum atomic E-state index is 0.661. The Balaban J connectivity index is 1.92. The Hall–Kier alpha value is -0.530. The maximum Gasteiger partial charge on any atom is 0.0406 e. The second-order valence-electron chi connectivity index (χ2n) is 4.42. The molecular formula is C13H18ClN. The molecule has 0 aromatic heterocycles. The lowest BCUT2D eigenvalue weighted by Gasteiger charge is -2.23. The maximum absolute atomic E-state index is 5.86. The Bertz CT molecular complexity index is 301. The number of hydrogen-bond donors (Lipinski definition) is 0. The van der Waals surface area contributed by atoms with Crippen molar-refractivity contribution in [3.05, 3.63) is 34.9 Å². The zero-order valence-corrected chi connectivity index (χ0v) is 10.0. The van der Waals surface area contributed by atoms with Crippen LogP contribution < -0.4 is 0 Å². The van der Waals surface area contributed by atoms with Gasteiger partial charge in [0.2, 0.25) is 0 Å². The molecule has 82 valence electrons. The summed E-state index contributed by atoms with van der Waals surface area (Å²) >= 11 is 5.86. The van der Waals surface area contributed by atoms with Crippen molar-refractivity contribution in [3.63, 3.8) is 0 Å². The van der Waals surface area contributed by atoms with Crippen LogP contribution in [0.4, 0.5) is 0 Å². The quantitative estimate of drug-likeness (QED) is 0.760. The molecule has 15 heavy (non-hydrogen) atoms. The van der Waals surface area contributed by atoms with Gasteiger partial charge in [0.1, 0.15) is 0 Å². The Kier molecular flexibility index (Phi) is 3.66. The third-order valence-corrected chi connectivity index (χ3v) is 3.46. The van der Waals surface area contributed by atoms with Gasteiger partial charge in [-0.3, -0.25) is 0 Å². The highest BCUT2D eigenvalue weighted by Crippen LogP contribution is 2.16. The summed E-state index contributed by atoms with van der Waals surface area (Å²) in [6.45, 7) is 4.86. The van der Waals surface area contributed by atoms with Gasteiger partial charge >= 0.3 is 0 Å². The fourth-order valence-electron chi connectivity index (χ4n) is 2.27. The topological polar surface area (TPSA) is 3.24 Å². The molecule has 1 unspecified atom stereocenters. The minimum Gasteiger partial charge on any atom is -0.300 e. The molecule has 0 saturated carbocycles. The molecule has 2 heteroatoms. The predicted molar refractivity (Wildman–Crippen MR) is 65.4 cm³/mol. The number of hydrogen-bond acceptors (Lipinski definition) is 1. The largest absolute Gasteiger partial charge is 0.300 e. The summed E-state index contributed by atoms with van der Waals surface area (Å²) in [5.41, 5.74) is 1.39. The fourth-order valence-corrected chi connectivity index (χ4v) is 2.40. The third kappa shape index (κ3) is 2.96. The molecule has 1 aromatic carbocycles. The van der Waals surface area contributed by atoms with Crippen molar-refractivity contribution in [2.75, 3.05) is 13.1 Å². The Morgan fingerprint density at radius 1 is 1.20 bits per heavy atom. The van der Waals surface area contributed by atoms with E-state index in [1.165, 1.54) is 31.5 Å². The van der Waals surface area contributed by atoms with Crippen molar-refractivity contribution in [1.29, 1.82) is 0 Å². The van der Waals surface area contributed by atoms with Gasteiger partial charge in [0.25, 0.3) is 0 Å². The van der Waals surface area contributed by atoms with Crippen LogP contribution in [0.3, 0.4) is 0 Å². The highest BCUT2D eigenvalue weighted by atomic mass is 35.5. The molecule has 1 fully saturated rings. The average molecular weight is 224 g/mol. The maximum atomic E-state index is 5.86. The van der Waals surface area contributed by atoms with Crippen LogP contribution in [0.5, 0.6) is 0 Å². The van der Waals surface area contributed by atoms with E-state index >= 15 is 0 Å². The van der Waals surface area contributed by atoms with Crippen molar-refractivity contribution >= 4 is 11.6 Å². The standard InChI is InChI=1S/C13H18ClN/c1-11(15-8-2-3-9-15)10-12-4-6-13(14)7-5-12/h4-7,11H,2-3,8-10H2,1H3. The number of likely N-dealkylation sites (tertiary alicyclic amines) is 1. The van der Waals surface area contributed by atoms with Crippen molar-refractivity contribution in [2.45, 2.75) is 32.2 Å².